The molecule has 2 atom stereocenters. The number of nitrogens with one attached hydrogen (secondary N) is 2. The number of aromatic nitrogens is 1. The Kier molecular flexibility index (Phi) is 7.41. The molecule has 0 spiro atoms. The van der Waals surface area contributed by atoms with Crippen LogP contribution in [0, 0.1) is 0 Å². The molecule has 0 aromatic carbocycles. The molecule has 0 saturated heterocycles. The molecular weight excluding hydrogens is 382 g/mol. The van der Waals surface area contributed by atoms with Crippen LogP contribution in [0.3, 0.4) is 0 Å². The van der Waals surface area contributed by atoms with Crippen LogP contribution in [0.2, 0.25) is 0 Å². The highest BCUT2D eigenvalue weighted by Gasteiger charge is 2.40. The van der Waals surface area contributed by atoms with E-state index in [1.54, 1.807) is 19.1 Å². The van der Waals surface area contributed by atoms with Crippen LogP contribution in [0.1, 0.15) is 38.4 Å². The van der Waals surface area contributed by atoms with Crippen LogP contribution in [-0.2, 0) is 4.79 Å². The molecule has 2 rings (SSSR count). The Bertz CT molecular complexity index is 851. The van der Waals surface area contributed by atoms with Gasteiger partial charge in [0.05, 0.1) is 6.04 Å². The van der Waals surface area contributed by atoms with Crippen molar-refractivity contribution in [3.63, 3.8) is 0 Å². The van der Waals surface area contributed by atoms with Crippen LogP contribution in [0.4, 0.5) is 0 Å². The van der Waals surface area contributed by atoms with Crippen molar-refractivity contribution in [2.45, 2.75) is 38.4 Å². The lowest BCUT2D eigenvalue weighted by molar-refractivity contribution is -0.126. The van der Waals surface area contributed by atoms with Gasteiger partial charge in [-0.2, -0.15) is 0 Å². The van der Waals surface area contributed by atoms with Crippen molar-refractivity contribution in [3.05, 3.63) is 40.8 Å². The molecule has 10 heteroatoms. The number of ether oxygens (including phenoxy) is 1. The third-order valence-electron chi connectivity index (χ3n) is 4.05. The third kappa shape index (κ3) is 5.23. The molecule has 1 amide bonds. The minimum Gasteiger partial charge on any atom is -0.489 e. The molecule has 1 aromatic rings. The second kappa shape index (κ2) is 9.56. The molecule has 1 aromatic heterocycles. The first-order chi connectivity index (χ1) is 13.3. The number of rotatable bonds is 9. The van der Waals surface area contributed by atoms with Crippen molar-refractivity contribution < 1.29 is 14.7 Å². The molecule has 0 fully saturated rings. The summed E-state index contributed by atoms with van der Waals surface area (Å²) in [5.74, 6) is 0.138. The summed E-state index contributed by atoms with van der Waals surface area (Å²) >= 11 is 1.25. The summed E-state index contributed by atoms with van der Waals surface area (Å²) in [5, 5.41) is 15.3. The van der Waals surface area contributed by atoms with Gasteiger partial charge in [-0.15, -0.1) is 11.8 Å². The van der Waals surface area contributed by atoms with E-state index in [9.17, 15) is 9.59 Å². The molecule has 0 saturated carbocycles. The van der Waals surface area contributed by atoms with Gasteiger partial charge >= 0.3 is 0 Å². The normalized spacial score (nSPS) is 20.4. The Hall–Kier alpha value is -2.59. The number of carbonyl (C=O) groups is 1. The summed E-state index contributed by atoms with van der Waals surface area (Å²) in [6.45, 7) is 7.39. The first-order valence-electron chi connectivity index (χ1n) is 8.82. The maximum Gasteiger partial charge on any atom is 0.264 e. The Morgan fingerprint density at radius 2 is 2.39 bits per heavy atom. The molecule has 1 aliphatic heterocycles. The first kappa shape index (κ1) is 21.7. The standard InChI is InChI=1S/C18H25N5O4S/c1-4-6-13(14-8-12(27-7-5-2)9-15(24)20-14)21-17(25)18(19)10-28-16(22-18)11(3)23-26/h5,8-9,13,26H,2,4,6-7,10,19H2,1,3H3,(H,20,24)(H,21,25)/b23-11+/t13-,18+/m1/s1. The molecule has 5 N–H and O–H groups in total. The lowest BCUT2D eigenvalue weighted by Crippen LogP contribution is -2.54. The van der Waals surface area contributed by atoms with Crippen molar-refractivity contribution in [3.8, 4) is 5.75 Å². The Morgan fingerprint density at radius 1 is 1.64 bits per heavy atom. The molecule has 28 heavy (non-hydrogen) atoms. The Morgan fingerprint density at radius 3 is 3.04 bits per heavy atom. The highest BCUT2D eigenvalue weighted by molar-refractivity contribution is 8.16. The molecule has 152 valence electrons. The van der Waals surface area contributed by atoms with Gasteiger partial charge in [-0.1, -0.05) is 31.2 Å². The lowest BCUT2D eigenvalue weighted by atomic mass is 10.1. The van der Waals surface area contributed by atoms with Gasteiger partial charge in [-0.3, -0.25) is 15.3 Å². The van der Waals surface area contributed by atoms with Crippen LogP contribution < -0.4 is 21.3 Å². The van der Waals surface area contributed by atoms with Crippen LogP contribution >= 0.6 is 11.8 Å². The number of hydrogen-bond acceptors (Lipinski definition) is 8. The molecule has 9 nitrogen and oxygen atoms in total. The molecule has 1 aliphatic rings. The van der Waals surface area contributed by atoms with Crippen LogP contribution in [0.15, 0.2) is 39.7 Å². The average Bonchev–Trinajstić information content (AvgIpc) is 3.08. The predicted molar refractivity (Wildman–Crippen MR) is 110 cm³/mol. The topological polar surface area (TPSA) is 142 Å². The number of aliphatic imine (C=N–C) groups is 1. The quantitative estimate of drug-likeness (QED) is 0.212. The third-order valence-corrected chi connectivity index (χ3v) is 5.29. The zero-order valence-corrected chi connectivity index (χ0v) is 16.7. The number of oxime groups is 1. The van der Waals surface area contributed by atoms with Gasteiger partial charge in [0.1, 0.15) is 23.1 Å². The minimum absolute atomic E-state index is 0.221. The average molecular weight is 407 g/mol. The molecular formula is C18H25N5O4S. The van der Waals surface area contributed by atoms with Gasteiger partial charge in [0, 0.05) is 23.6 Å². The second-order valence-electron chi connectivity index (χ2n) is 6.37. The van der Waals surface area contributed by atoms with E-state index >= 15 is 0 Å². The van der Waals surface area contributed by atoms with E-state index in [0.717, 1.165) is 6.42 Å². The zero-order valence-electron chi connectivity index (χ0n) is 15.9. The highest BCUT2D eigenvalue weighted by atomic mass is 32.2. The molecule has 0 aliphatic carbocycles. The minimum atomic E-state index is -1.48. The summed E-state index contributed by atoms with van der Waals surface area (Å²) in [4.78, 5) is 31.8. The first-order valence-corrected chi connectivity index (χ1v) is 9.81. The Labute approximate surface area is 167 Å². The maximum absolute atomic E-state index is 12.8. The van der Waals surface area contributed by atoms with Crippen LogP contribution in [0.25, 0.3) is 0 Å². The van der Waals surface area contributed by atoms with Crippen LogP contribution in [-0.4, -0.2) is 44.9 Å². The largest absolute Gasteiger partial charge is 0.489 e. The van der Waals surface area contributed by atoms with E-state index in [1.165, 1.54) is 17.8 Å². The molecule has 0 unspecified atom stereocenters. The summed E-state index contributed by atoms with van der Waals surface area (Å²) in [6, 6.07) is 2.55. The number of amides is 1. The number of pyridine rings is 1. The number of carbonyl (C=O) groups excluding carboxylic acids is 1. The fourth-order valence-electron chi connectivity index (χ4n) is 2.61. The van der Waals surface area contributed by atoms with E-state index in [-0.39, 0.29) is 17.9 Å². The van der Waals surface area contributed by atoms with E-state index in [1.807, 2.05) is 6.92 Å². The fraction of sp³-hybridized carbons (Fsp3) is 0.444. The number of aromatic amines is 1. The van der Waals surface area contributed by atoms with Crippen molar-refractivity contribution in [2.75, 3.05) is 12.4 Å². The van der Waals surface area contributed by atoms with Gasteiger partial charge in [0.2, 0.25) is 0 Å². The predicted octanol–water partition coefficient (Wildman–Crippen LogP) is 1.55. The maximum atomic E-state index is 12.8. The fourth-order valence-corrected chi connectivity index (χ4v) is 3.64. The van der Waals surface area contributed by atoms with Crippen molar-refractivity contribution >= 4 is 28.4 Å². The van der Waals surface area contributed by atoms with E-state index in [4.69, 9.17) is 15.7 Å². The van der Waals surface area contributed by atoms with Gasteiger partial charge in [0.15, 0.2) is 5.66 Å². The van der Waals surface area contributed by atoms with E-state index in [2.05, 4.69) is 27.0 Å². The number of hydrogen-bond donors (Lipinski definition) is 4. The van der Waals surface area contributed by atoms with E-state index in [0.29, 0.717) is 28.6 Å². The van der Waals surface area contributed by atoms with Crippen molar-refractivity contribution in [2.24, 2.45) is 15.9 Å². The SMILES string of the molecule is C=CCOc1cc([C@@H](CCC)NC(=O)[C@]2(N)CSC(/C(C)=N/O)=N2)[nH]c(=O)c1. The number of H-pyrrole nitrogens is 1. The molecule has 0 radical (unpaired) electrons. The van der Waals surface area contributed by atoms with E-state index < -0.39 is 17.6 Å². The van der Waals surface area contributed by atoms with Gasteiger partial charge in [0.25, 0.3) is 11.5 Å². The Balaban J connectivity index is 2.24. The van der Waals surface area contributed by atoms with Crippen molar-refractivity contribution in [1.82, 2.24) is 10.3 Å². The summed E-state index contributed by atoms with van der Waals surface area (Å²) in [6.07, 6.45) is 2.93. The summed E-state index contributed by atoms with van der Waals surface area (Å²) < 4.78 is 5.44. The highest BCUT2D eigenvalue weighted by Crippen LogP contribution is 2.27. The van der Waals surface area contributed by atoms with Gasteiger partial charge in [-0.25, -0.2) is 4.99 Å². The van der Waals surface area contributed by atoms with Gasteiger partial charge < -0.3 is 20.2 Å². The summed E-state index contributed by atoms with van der Waals surface area (Å²) in [7, 11) is 0. The molecule has 2 heterocycles. The monoisotopic (exact) mass is 407 g/mol. The number of nitrogens with zero attached hydrogens (tertiary/aromatic N) is 2. The second-order valence-corrected chi connectivity index (χ2v) is 7.33. The lowest BCUT2D eigenvalue weighted by Gasteiger charge is -2.24. The van der Waals surface area contributed by atoms with Crippen LogP contribution in [0.5, 0.6) is 5.75 Å². The smallest absolute Gasteiger partial charge is 0.264 e. The number of nitrogens with two attached hydrogens (primary N) is 1. The number of thioether (sulfide) groups is 1. The van der Waals surface area contributed by atoms with Crippen molar-refractivity contribution in [1.29, 1.82) is 0 Å². The van der Waals surface area contributed by atoms with Gasteiger partial charge in [-0.05, 0) is 13.3 Å². The summed E-state index contributed by atoms with van der Waals surface area (Å²) in [5.41, 5.74) is 5.18. The zero-order chi connectivity index (χ0) is 20.7. The molecule has 0 bridgehead atoms.